The Hall–Kier alpha value is -2.61. The van der Waals surface area contributed by atoms with Gasteiger partial charge in [0.1, 0.15) is 0 Å². The van der Waals surface area contributed by atoms with E-state index in [0.29, 0.717) is 17.9 Å². The van der Waals surface area contributed by atoms with Gasteiger partial charge in [-0.15, -0.1) is 0 Å². The number of benzene rings is 1. The van der Waals surface area contributed by atoms with Gasteiger partial charge in [0.2, 0.25) is 10.0 Å². The first kappa shape index (κ1) is 17.7. The molecule has 1 heterocycles. The maximum Gasteiger partial charge on any atom is 0.319 e. The van der Waals surface area contributed by atoms with Crippen LogP contribution in [-0.2, 0) is 16.6 Å². The summed E-state index contributed by atoms with van der Waals surface area (Å²) in [7, 11) is -3.31. The summed E-state index contributed by atoms with van der Waals surface area (Å²) in [6.45, 7) is 3.82. The number of hydrogen-bond donors (Lipinski definition) is 3. The number of nitrogens with one attached hydrogen (secondary N) is 3. The zero-order valence-corrected chi connectivity index (χ0v) is 14.4. The third-order valence-electron chi connectivity index (χ3n) is 3.33. The molecule has 128 valence electrons. The van der Waals surface area contributed by atoms with Crippen LogP contribution < -0.4 is 15.4 Å². The van der Waals surface area contributed by atoms with Crippen LogP contribution in [0, 0.1) is 6.92 Å². The summed E-state index contributed by atoms with van der Waals surface area (Å²) in [5.41, 5.74) is 2.82. The molecule has 0 saturated heterocycles. The molecular formula is C16H20N4O3S. The Morgan fingerprint density at radius 2 is 1.79 bits per heavy atom. The average molecular weight is 348 g/mol. The fourth-order valence-electron chi connectivity index (χ4n) is 1.92. The molecule has 0 aliphatic rings. The van der Waals surface area contributed by atoms with E-state index in [0.717, 1.165) is 11.3 Å². The lowest BCUT2D eigenvalue weighted by Gasteiger charge is -2.10. The summed E-state index contributed by atoms with van der Waals surface area (Å²) in [6, 6.07) is 9.84. The molecule has 2 rings (SSSR count). The van der Waals surface area contributed by atoms with Crippen LogP contribution in [0.25, 0.3) is 0 Å². The number of rotatable bonds is 6. The fraction of sp³-hybridized carbons (Fsp3) is 0.250. The molecule has 3 N–H and O–H groups in total. The minimum atomic E-state index is -3.31. The molecule has 1 aromatic carbocycles. The second-order valence-electron chi connectivity index (χ2n) is 5.16. The van der Waals surface area contributed by atoms with Crippen LogP contribution in [0.3, 0.4) is 0 Å². The van der Waals surface area contributed by atoms with E-state index in [1.165, 1.54) is 0 Å². The number of nitrogens with zero attached hydrogens (tertiary/aromatic N) is 1. The van der Waals surface area contributed by atoms with Crippen molar-refractivity contribution in [1.82, 2.24) is 10.3 Å². The van der Waals surface area contributed by atoms with E-state index in [9.17, 15) is 13.2 Å². The average Bonchev–Trinajstić information content (AvgIpc) is 2.56. The lowest BCUT2D eigenvalue weighted by molar-refractivity contribution is 0.251. The summed E-state index contributed by atoms with van der Waals surface area (Å²) >= 11 is 0. The van der Waals surface area contributed by atoms with Gasteiger partial charge in [0.25, 0.3) is 0 Å². The van der Waals surface area contributed by atoms with Crippen molar-refractivity contribution < 1.29 is 13.2 Å². The van der Waals surface area contributed by atoms with Gasteiger partial charge in [0.05, 0.1) is 18.0 Å². The van der Waals surface area contributed by atoms with Crippen LogP contribution in [0.4, 0.5) is 16.2 Å². The lowest BCUT2D eigenvalue weighted by atomic mass is 10.2. The van der Waals surface area contributed by atoms with Crippen molar-refractivity contribution in [3.63, 3.8) is 0 Å². The van der Waals surface area contributed by atoms with Crippen LogP contribution >= 0.6 is 0 Å². The predicted octanol–water partition coefficient (Wildman–Crippen LogP) is 2.47. The van der Waals surface area contributed by atoms with Gasteiger partial charge < -0.3 is 10.6 Å². The Labute approximate surface area is 141 Å². The smallest absolute Gasteiger partial charge is 0.319 e. The fourth-order valence-corrected chi connectivity index (χ4v) is 2.56. The molecule has 2 amide bonds. The number of carbonyl (C=O) groups excluding carboxylic acids is 1. The van der Waals surface area contributed by atoms with Gasteiger partial charge in [-0.2, -0.15) is 0 Å². The number of carbonyl (C=O) groups is 1. The topological polar surface area (TPSA) is 100 Å². The zero-order valence-electron chi connectivity index (χ0n) is 13.5. The number of urea groups is 1. The third kappa shape index (κ3) is 5.24. The Bertz CT molecular complexity index is 804. The molecule has 7 nitrogen and oxygen atoms in total. The molecule has 2 aromatic rings. The van der Waals surface area contributed by atoms with E-state index in [1.807, 2.05) is 19.1 Å². The molecule has 0 aliphatic heterocycles. The van der Waals surface area contributed by atoms with E-state index in [1.54, 1.807) is 37.4 Å². The molecule has 0 radical (unpaired) electrons. The summed E-state index contributed by atoms with van der Waals surface area (Å²) in [5.74, 6) is 0.00233. The summed E-state index contributed by atoms with van der Waals surface area (Å²) < 4.78 is 25.4. The highest BCUT2D eigenvalue weighted by Crippen LogP contribution is 2.15. The number of aryl methyl sites for hydroxylation is 1. The van der Waals surface area contributed by atoms with Crippen LogP contribution in [-0.4, -0.2) is 25.2 Å². The highest BCUT2D eigenvalue weighted by molar-refractivity contribution is 7.92. The van der Waals surface area contributed by atoms with Crippen molar-refractivity contribution >= 4 is 27.4 Å². The van der Waals surface area contributed by atoms with E-state index in [4.69, 9.17) is 0 Å². The minimum absolute atomic E-state index is 0.00233. The van der Waals surface area contributed by atoms with Gasteiger partial charge in [-0.25, -0.2) is 13.2 Å². The van der Waals surface area contributed by atoms with E-state index < -0.39 is 10.0 Å². The van der Waals surface area contributed by atoms with Crippen molar-refractivity contribution in [1.29, 1.82) is 0 Å². The standard InChI is InChI=1S/C16H20N4O3S/c1-3-24(22,23)20-14-8-6-13(7-9-14)19-16(21)18-11-15-12(2)5-4-10-17-15/h4-10,20H,3,11H2,1-2H3,(H2,18,19,21). The normalized spacial score (nSPS) is 10.9. The van der Waals surface area contributed by atoms with E-state index in [2.05, 4.69) is 20.3 Å². The van der Waals surface area contributed by atoms with Gasteiger partial charge in [-0.1, -0.05) is 6.07 Å². The van der Waals surface area contributed by atoms with Gasteiger partial charge in [0.15, 0.2) is 0 Å². The maximum absolute atomic E-state index is 11.9. The number of amides is 2. The number of hydrogen-bond acceptors (Lipinski definition) is 4. The zero-order chi connectivity index (χ0) is 17.6. The monoisotopic (exact) mass is 348 g/mol. The van der Waals surface area contributed by atoms with Crippen molar-refractivity contribution in [2.24, 2.45) is 0 Å². The molecule has 1 aromatic heterocycles. The minimum Gasteiger partial charge on any atom is -0.332 e. The molecule has 0 aliphatic carbocycles. The van der Waals surface area contributed by atoms with Crippen molar-refractivity contribution in [2.75, 3.05) is 15.8 Å². The van der Waals surface area contributed by atoms with Gasteiger partial charge in [-0.3, -0.25) is 9.71 Å². The van der Waals surface area contributed by atoms with Gasteiger partial charge in [-0.05, 0) is 49.7 Å². The Morgan fingerprint density at radius 1 is 1.12 bits per heavy atom. The largest absolute Gasteiger partial charge is 0.332 e. The second kappa shape index (κ2) is 7.78. The van der Waals surface area contributed by atoms with Crippen LogP contribution in [0.1, 0.15) is 18.2 Å². The molecule has 8 heteroatoms. The molecular weight excluding hydrogens is 328 g/mol. The third-order valence-corrected chi connectivity index (χ3v) is 4.64. The first-order valence-corrected chi connectivity index (χ1v) is 9.11. The Kier molecular flexibility index (Phi) is 5.75. The van der Waals surface area contributed by atoms with Crippen LogP contribution in [0.2, 0.25) is 0 Å². The van der Waals surface area contributed by atoms with Crippen LogP contribution in [0.15, 0.2) is 42.6 Å². The van der Waals surface area contributed by atoms with Crippen LogP contribution in [0.5, 0.6) is 0 Å². The van der Waals surface area contributed by atoms with E-state index in [-0.39, 0.29) is 11.8 Å². The molecule has 0 unspecified atom stereocenters. The molecule has 24 heavy (non-hydrogen) atoms. The molecule has 0 fully saturated rings. The number of aromatic nitrogens is 1. The number of anilines is 2. The van der Waals surface area contributed by atoms with Crippen molar-refractivity contribution in [2.45, 2.75) is 20.4 Å². The summed E-state index contributed by atoms with van der Waals surface area (Å²) in [6.07, 6.45) is 1.68. The SMILES string of the molecule is CCS(=O)(=O)Nc1ccc(NC(=O)NCc2ncccc2C)cc1. The maximum atomic E-state index is 11.9. The van der Waals surface area contributed by atoms with Crippen molar-refractivity contribution in [3.05, 3.63) is 53.9 Å². The first-order chi connectivity index (χ1) is 11.4. The Balaban J connectivity index is 1.89. The number of sulfonamides is 1. The second-order valence-corrected chi connectivity index (χ2v) is 7.17. The summed E-state index contributed by atoms with van der Waals surface area (Å²) in [5, 5.41) is 5.41. The molecule has 0 spiro atoms. The van der Waals surface area contributed by atoms with Crippen molar-refractivity contribution in [3.8, 4) is 0 Å². The molecule has 0 atom stereocenters. The molecule has 0 bridgehead atoms. The number of pyridine rings is 1. The lowest BCUT2D eigenvalue weighted by Crippen LogP contribution is -2.28. The highest BCUT2D eigenvalue weighted by atomic mass is 32.2. The van der Waals surface area contributed by atoms with Gasteiger partial charge >= 0.3 is 6.03 Å². The first-order valence-electron chi connectivity index (χ1n) is 7.45. The highest BCUT2D eigenvalue weighted by Gasteiger charge is 2.07. The predicted molar refractivity (Wildman–Crippen MR) is 94.4 cm³/mol. The van der Waals surface area contributed by atoms with Gasteiger partial charge in [0, 0.05) is 17.6 Å². The van der Waals surface area contributed by atoms with E-state index >= 15 is 0 Å². The Morgan fingerprint density at radius 3 is 2.42 bits per heavy atom. The summed E-state index contributed by atoms with van der Waals surface area (Å²) in [4.78, 5) is 16.1. The quantitative estimate of drug-likeness (QED) is 0.746. The molecule has 0 saturated carbocycles.